The molecule has 0 saturated heterocycles. The van der Waals surface area contributed by atoms with Crippen molar-refractivity contribution in [2.75, 3.05) is 11.1 Å². The molecule has 0 aliphatic heterocycles. The number of thiazole rings is 1. The fourth-order valence-corrected chi connectivity index (χ4v) is 2.96. The van der Waals surface area contributed by atoms with Crippen molar-refractivity contribution in [1.82, 2.24) is 4.98 Å². The van der Waals surface area contributed by atoms with Gasteiger partial charge < -0.3 is 11.1 Å². The second-order valence-corrected chi connectivity index (χ2v) is 6.28. The molecule has 0 bridgehead atoms. The second kappa shape index (κ2) is 6.62. The number of hydrogen-bond donors (Lipinski definition) is 2. The smallest absolute Gasteiger partial charge is 0.231 e. The molecule has 1 amide bonds. The lowest BCUT2D eigenvalue weighted by atomic mass is 10.1. The van der Waals surface area contributed by atoms with Crippen LogP contribution in [0.2, 0.25) is 0 Å². The molecule has 0 unspecified atom stereocenters. The quantitative estimate of drug-likeness (QED) is 0.716. The van der Waals surface area contributed by atoms with E-state index in [4.69, 9.17) is 5.73 Å². The topological polar surface area (TPSA) is 68.0 Å². The average molecular weight is 323 g/mol. The third-order valence-corrected chi connectivity index (χ3v) is 4.25. The fraction of sp³-hybridized carbons (Fsp3) is 0.111. The zero-order chi connectivity index (χ0) is 16.2. The fourth-order valence-electron chi connectivity index (χ4n) is 2.16. The largest absolute Gasteiger partial charge is 0.399 e. The average Bonchev–Trinajstić information content (AvgIpc) is 2.98. The lowest BCUT2D eigenvalue weighted by molar-refractivity contribution is -0.115. The first kappa shape index (κ1) is 15.2. The van der Waals surface area contributed by atoms with Crippen molar-refractivity contribution in [2.24, 2.45) is 0 Å². The van der Waals surface area contributed by atoms with Crippen molar-refractivity contribution in [1.29, 1.82) is 0 Å². The van der Waals surface area contributed by atoms with E-state index >= 15 is 0 Å². The first-order valence-electron chi connectivity index (χ1n) is 7.27. The van der Waals surface area contributed by atoms with Crippen LogP contribution < -0.4 is 11.1 Å². The van der Waals surface area contributed by atoms with E-state index in [-0.39, 0.29) is 12.3 Å². The van der Waals surface area contributed by atoms with Crippen LogP contribution in [0.4, 0.5) is 11.4 Å². The van der Waals surface area contributed by atoms with E-state index in [0.717, 1.165) is 33.2 Å². The number of nitrogens with two attached hydrogens (primary N) is 1. The second-order valence-electron chi connectivity index (χ2n) is 5.34. The molecule has 0 fully saturated rings. The molecule has 1 aromatic heterocycles. The Kier molecular flexibility index (Phi) is 4.39. The van der Waals surface area contributed by atoms with Gasteiger partial charge in [-0.3, -0.25) is 4.79 Å². The number of hydrogen-bond acceptors (Lipinski definition) is 4. The van der Waals surface area contributed by atoms with Gasteiger partial charge >= 0.3 is 0 Å². The Morgan fingerprint density at radius 2 is 1.83 bits per heavy atom. The number of nitrogen functional groups attached to an aromatic ring is 1. The molecule has 116 valence electrons. The minimum Gasteiger partial charge on any atom is -0.399 e. The first-order chi connectivity index (χ1) is 11.1. The number of aryl methyl sites for hydroxylation is 1. The van der Waals surface area contributed by atoms with Crippen LogP contribution in [0, 0.1) is 6.92 Å². The zero-order valence-corrected chi connectivity index (χ0v) is 13.6. The van der Waals surface area contributed by atoms with E-state index in [0.29, 0.717) is 0 Å². The van der Waals surface area contributed by atoms with E-state index in [1.54, 1.807) is 0 Å². The van der Waals surface area contributed by atoms with Gasteiger partial charge in [0.25, 0.3) is 0 Å². The van der Waals surface area contributed by atoms with Crippen LogP contribution >= 0.6 is 11.3 Å². The van der Waals surface area contributed by atoms with Crippen molar-refractivity contribution < 1.29 is 4.79 Å². The molecular weight excluding hydrogens is 306 g/mol. The number of carbonyl (C=O) groups excluding carboxylic acids is 1. The lowest BCUT2D eigenvalue weighted by Crippen LogP contribution is -2.14. The van der Waals surface area contributed by atoms with E-state index in [9.17, 15) is 4.79 Å². The third kappa shape index (κ3) is 3.96. The molecule has 0 atom stereocenters. The van der Waals surface area contributed by atoms with Gasteiger partial charge in [0.1, 0.15) is 5.01 Å². The van der Waals surface area contributed by atoms with Crippen molar-refractivity contribution in [3.8, 4) is 11.3 Å². The van der Waals surface area contributed by atoms with Crippen molar-refractivity contribution in [2.45, 2.75) is 13.3 Å². The van der Waals surface area contributed by atoms with Gasteiger partial charge in [-0.15, -0.1) is 11.3 Å². The number of anilines is 2. The minimum absolute atomic E-state index is 0.0629. The highest BCUT2D eigenvalue weighted by Gasteiger charge is 2.09. The van der Waals surface area contributed by atoms with Gasteiger partial charge in [-0.25, -0.2) is 4.98 Å². The standard InChI is InChI=1S/C18H17N3OS/c1-12-2-8-15(9-3-12)20-17(22)10-18-21-16(11-23-18)13-4-6-14(19)7-5-13/h2-9,11H,10,19H2,1H3,(H,20,22). The summed E-state index contributed by atoms with van der Waals surface area (Å²) in [6.45, 7) is 2.01. The van der Waals surface area contributed by atoms with Crippen molar-refractivity contribution in [3.05, 3.63) is 64.5 Å². The molecule has 3 N–H and O–H groups in total. The number of aromatic nitrogens is 1. The Balaban J connectivity index is 1.65. The predicted molar refractivity (Wildman–Crippen MR) is 95.5 cm³/mol. The van der Waals surface area contributed by atoms with Gasteiger partial charge in [-0.1, -0.05) is 29.8 Å². The molecule has 4 nitrogen and oxygen atoms in total. The molecule has 23 heavy (non-hydrogen) atoms. The van der Waals surface area contributed by atoms with Gasteiger partial charge in [0, 0.05) is 22.3 Å². The minimum atomic E-state index is -0.0629. The first-order valence-corrected chi connectivity index (χ1v) is 8.15. The Bertz CT molecular complexity index is 807. The highest BCUT2D eigenvalue weighted by atomic mass is 32.1. The maximum absolute atomic E-state index is 12.1. The van der Waals surface area contributed by atoms with Gasteiger partial charge in [0.05, 0.1) is 12.1 Å². The Labute approximate surface area is 139 Å². The maximum atomic E-state index is 12.1. The summed E-state index contributed by atoms with van der Waals surface area (Å²) in [5.74, 6) is -0.0629. The summed E-state index contributed by atoms with van der Waals surface area (Å²) >= 11 is 1.49. The lowest BCUT2D eigenvalue weighted by Gasteiger charge is -2.04. The Morgan fingerprint density at radius 1 is 1.13 bits per heavy atom. The summed E-state index contributed by atoms with van der Waals surface area (Å²) in [5.41, 5.74) is 10.2. The molecule has 3 aromatic rings. The molecule has 0 spiro atoms. The monoisotopic (exact) mass is 323 g/mol. The van der Waals surface area contributed by atoms with Crippen LogP contribution in [0.3, 0.4) is 0 Å². The highest BCUT2D eigenvalue weighted by Crippen LogP contribution is 2.23. The van der Waals surface area contributed by atoms with E-state index in [1.807, 2.05) is 60.8 Å². The van der Waals surface area contributed by atoms with E-state index in [1.165, 1.54) is 11.3 Å². The molecule has 1 heterocycles. The zero-order valence-electron chi connectivity index (χ0n) is 12.7. The van der Waals surface area contributed by atoms with Crippen LogP contribution in [0.5, 0.6) is 0 Å². The summed E-state index contributed by atoms with van der Waals surface area (Å²) in [6.07, 6.45) is 0.271. The predicted octanol–water partition coefficient (Wildman–Crippen LogP) is 3.88. The summed E-state index contributed by atoms with van der Waals surface area (Å²) in [5, 5.41) is 5.64. The van der Waals surface area contributed by atoms with Crippen LogP contribution in [0.15, 0.2) is 53.9 Å². The van der Waals surface area contributed by atoms with Crippen molar-refractivity contribution >= 4 is 28.6 Å². The summed E-state index contributed by atoms with van der Waals surface area (Å²) in [7, 11) is 0. The molecule has 0 aliphatic carbocycles. The molecular formula is C18H17N3OS. The molecule has 5 heteroatoms. The molecule has 0 saturated carbocycles. The summed E-state index contributed by atoms with van der Waals surface area (Å²) < 4.78 is 0. The van der Waals surface area contributed by atoms with Crippen LogP contribution in [-0.2, 0) is 11.2 Å². The van der Waals surface area contributed by atoms with Gasteiger partial charge in [-0.2, -0.15) is 0 Å². The number of benzene rings is 2. The number of nitrogens with zero attached hydrogens (tertiary/aromatic N) is 1. The molecule has 2 aromatic carbocycles. The van der Waals surface area contributed by atoms with Gasteiger partial charge in [-0.05, 0) is 31.2 Å². The summed E-state index contributed by atoms with van der Waals surface area (Å²) in [4.78, 5) is 16.6. The SMILES string of the molecule is Cc1ccc(NC(=O)Cc2nc(-c3ccc(N)cc3)cs2)cc1. The Hall–Kier alpha value is -2.66. The normalized spacial score (nSPS) is 10.5. The third-order valence-electron chi connectivity index (χ3n) is 3.41. The number of carbonyl (C=O) groups is 1. The van der Waals surface area contributed by atoms with Gasteiger partial charge in [0.15, 0.2) is 0 Å². The van der Waals surface area contributed by atoms with Crippen LogP contribution in [0.25, 0.3) is 11.3 Å². The number of amides is 1. The van der Waals surface area contributed by atoms with Crippen LogP contribution in [0.1, 0.15) is 10.6 Å². The maximum Gasteiger partial charge on any atom is 0.231 e. The summed E-state index contributed by atoms with van der Waals surface area (Å²) in [6, 6.07) is 15.3. The number of nitrogens with one attached hydrogen (secondary N) is 1. The Morgan fingerprint density at radius 3 is 2.52 bits per heavy atom. The van der Waals surface area contributed by atoms with Crippen molar-refractivity contribution in [3.63, 3.8) is 0 Å². The van der Waals surface area contributed by atoms with E-state index < -0.39 is 0 Å². The van der Waals surface area contributed by atoms with Gasteiger partial charge in [0.2, 0.25) is 5.91 Å². The highest BCUT2D eigenvalue weighted by molar-refractivity contribution is 7.10. The van der Waals surface area contributed by atoms with Crippen LogP contribution in [-0.4, -0.2) is 10.9 Å². The van der Waals surface area contributed by atoms with E-state index in [2.05, 4.69) is 10.3 Å². The molecule has 0 aliphatic rings. The number of rotatable bonds is 4. The molecule has 0 radical (unpaired) electrons. The molecule has 3 rings (SSSR count).